The van der Waals surface area contributed by atoms with Crippen molar-refractivity contribution in [3.8, 4) is 0 Å². The number of hydrogen-bond acceptors (Lipinski definition) is 3. The summed E-state index contributed by atoms with van der Waals surface area (Å²) in [6, 6.07) is 13.7. The van der Waals surface area contributed by atoms with E-state index in [2.05, 4.69) is 5.32 Å². The highest BCUT2D eigenvalue weighted by atomic mass is 35.5. The third-order valence-corrected chi connectivity index (χ3v) is 4.05. The van der Waals surface area contributed by atoms with Gasteiger partial charge in [0.2, 0.25) is 5.91 Å². The number of anilines is 1. The van der Waals surface area contributed by atoms with E-state index in [1.54, 1.807) is 0 Å². The highest BCUT2D eigenvalue weighted by Crippen LogP contribution is 2.23. The van der Waals surface area contributed by atoms with Crippen molar-refractivity contribution in [2.75, 3.05) is 25.0 Å². The minimum Gasteiger partial charge on any atom is -0.481 e. The maximum Gasteiger partial charge on any atom is 0.307 e. The van der Waals surface area contributed by atoms with E-state index >= 15 is 0 Å². The van der Waals surface area contributed by atoms with Gasteiger partial charge in [0.05, 0.1) is 12.5 Å². The predicted molar refractivity (Wildman–Crippen MR) is 92.0 cm³/mol. The zero-order chi connectivity index (χ0) is 15.5. The van der Waals surface area contributed by atoms with Crippen molar-refractivity contribution in [3.63, 3.8) is 0 Å². The molecule has 1 saturated heterocycles. The second kappa shape index (κ2) is 7.44. The Labute approximate surface area is 140 Å². The number of aliphatic carboxylic acids is 1. The van der Waals surface area contributed by atoms with E-state index in [1.165, 1.54) is 0 Å². The van der Waals surface area contributed by atoms with Crippen LogP contribution < -0.4 is 5.32 Å². The molecule has 0 saturated carbocycles. The van der Waals surface area contributed by atoms with E-state index in [4.69, 9.17) is 5.11 Å². The molecule has 1 aliphatic rings. The van der Waals surface area contributed by atoms with Crippen molar-refractivity contribution in [2.24, 2.45) is 5.92 Å². The van der Waals surface area contributed by atoms with Crippen molar-refractivity contribution in [1.29, 1.82) is 0 Å². The Morgan fingerprint density at radius 2 is 1.91 bits per heavy atom. The molecule has 5 nitrogen and oxygen atoms in total. The summed E-state index contributed by atoms with van der Waals surface area (Å²) in [7, 11) is 0. The summed E-state index contributed by atoms with van der Waals surface area (Å²) < 4.78 is 0. The number of likely N-dealkylation sites (tertiary alicyclic amines) is 1. The van der Waals surface area contributed by atoms with E-state index in [-0.39, 0.29) is 30.8 Å². The van der Waals surface area contributed by atoms with Gasteiger partial charge >= 0.3 is 5.97 Å². The Morgan fingerprint density at radius 3 is 2.65 bits per heavy atom. The molecule has 23 heavy (non-hydrogen) atoms. The molecule has 1 aliphatic heterocycles. The summed E-state index contributed by atoms with van der Waals surface area (Å²) in [5, 5.41) is 14.0. The van der Waals surface area contributed by atoms with Crippen LogP contribution in [-0.4, -0.2) is 41.5 Å². The van der Waals surface area contributed by atoms with E-state index < -0.39 is 5.97 Å². The topological polar surface area (TPSA) is 69.6 Å². The quantitative estimate of drug-likeness (QED) is 0.901. The van der Waals surface area contributed by atoms with Crippen molar-refractivity contribution in [2.45, 2.75) is 6.42 Å². The van der Waals surface area contributed by atoms with Gasteiger partial charge in [0.1, 0.15) is 0 Å². The maximum absolute atomic E-state index is 12.2. The van der Waals surface area contributed by atoms with Crippen LogP contribution in [0.5, 0.6) is 0 Å². The average molecular weight is 335 g/mol. The van der Waals surface area contributed by atoms with Gasteiger partial charge in [-0.2, -0.15) is 0 Å². The van der Waals surface area contributed by atoms with Gasteiger partial charge < -0.3 is 10.4 Å². The second-order valence-corrected chi connectivity index (χ2v) is 5.63. The summed E-state index contributed by atoms with van der Waals surface area (Å²) in [5.41, 5.74) is 0.789. The summed E-state index contributed by atoms with van der Waals surface area (Å²) in [6.45, 7) is 1.32. The molecule has 1 heterocycles. The molecule has 0 aliphatic carbocycles. The molecule has 122 valence electrons. The molecular formula is C17H19ClN2O3. The standard InChI is InChI=1S/C17H18N2O3.ClH/c20-16(11-19-9-8-13(10-19)17(21)22)18-15-7-3-5-12-4-1-2-6-14(12)15;/h1-7,13H,8-11H2,(H,18,20)(H,21,22);1H. The minimum atomic E-state index is -0.781. The number of carbonyl (C=O) groups excluding carboxylic acids is 1. The van der Waals surface area contributed by atoms with E-state index in [0.29, 0.717) is 19.5 Å². The third-order valence-electron chi connectivity index (χ3n) is 4.05. The fourth-order valence-electron chi connectivity index (χ4n) is 2.91. The van der Waals surface area contributed by atoms with Crippen molar-refractivity contribution >= 4 is 40.7 Å². The van der Waals surface area contributed by atoms with Crippen molar-refractivity contribution < 1.29 is 14.7 Å². The van der Waals surface area contributed by atoms with Crippen LogP contribution in [0.2, 0.25) is 0 Å². The molecule has 0 aromatic heterocycles. The number of carbonyl (C=O) groups is 2. The molecule has 1 unspecified atom stereocenters. The Morgan fingerprint density at radius 1 is 1.17 bits per heavy atom. The molecule has 2 N–H and O–H groups in total. The first-order valence-corrected chi connectivity index (χ1v) is 7.36. The summed E-state index contributed by atoms with van der Waals surface area (Å²) in [4.78, 5) is 25.0. The smallest absolute Gasteiger partial charge is 0.307 e. The average Bonchev–Trinajstić information content (AvgIpc) is 2.96. The Bertz CT molecular complexity index is 715. The number of carboxylic acids is 1. The lowest BCUT2D eigenvalue weighted by molar-refractivity contribution is -0.141. The van der Waals surface area contributed by atoms with Crippen LogP contribution in [0.1, 0.15) is 6.42 Å². The Kier molecular flexibility index (Phi) is 5.58. The number of rotatable bonds is 4. The highest BCUT2D eigenvalue weighted by Gasteiger charge is 2.28. The number of benzene rings is 2. The van der Waals surface area contributed by atoms with Gasteiger partial charge in [-0.3, -0.25) is 14.5 Å². The van der Waals surface area contributed by atoms with E-state index in [9.17, 15) is 9.59 Å². The largest absolute Gasteiger partial charge is 0.481 e. The van der Waals surface area contributed by atoms with Crippen molar-refractivity contribution in [3.05, 3.63) is 42.5 Å². The molecule has 0 bridgehead atoms. The summed E-state index contributed by atoms with van der Waals surface area (Å²) >= 11 is 0. The Hall–Kier alpha value is -2.11. The summed E-state index contributed by atoms with van der Waals surface area (Å²) in [5.74, 6) is -1.25. The number of nitrogens with one attached hydrogen (secondary N) is 1. The first-order chi connectivity index (χ1) is 10.6. The molecule has 1 fully saturated rings. The number of halogens is 1. The van der Waals surface area contributed by atoms with Crippen LogP contribution in [0, 0.1) is 5.92 Å². The van der Waals surface area contributed by atoms with E-state index in [1.807, 2.05) is 47.4 Å². The zero-order valence-electron chi connectivity index (χ0n) is 12.6. The van der Waals surface area contributed by atoms with Crippen LogP contribution >= 0.6 is 12.4 Å². The monoisotopic (exact) mass is 334 g/mol. The zero-order valence-corrected chi connectivity index (χ0v) is 13.4. The molecule has 3 rings (SSSR count). The van der Waals surface area contributed by atoms with Gasteiger partial charge in [0.25, 0.3) is 0 Å². The fourth-order valence-corrected chi connectivity index (χ4v) is 2.91. The number of carboxylic acid groups (broad SMARTS) is 1. The fraction of sp³-hybridized carbons (Fsp3) is 0.294. The highest BCUT2D eigenvalue weighted by molar-refractivity contribution is 6.02. The third kappa shape index (κ3) is 4.00. The molecule has 1 amide bonds. The molecule has 6 heteroatoms. The lowest BCUT2D eigenvalue weighted by Crippen LogP contribution is -2.32. The number of fused-ring (bicyclic) bond motifs is 1. The second-order valence-electron chi connectivity index (χ2n) is 5.63. The van der Waals surface area contributed by atoms with Crippen LogP contribution in [0.3, 0.4) is 0 Å². The number of nitrogens with zero attached hydrogens (tertiary/aromatic N) is 1. The van der Waals surface area contributed by atoms with Crippen molar-refractivity contribution in [1.82, 2.24) is 4.90 Å². The lowest BCUT2D eigenvalue weighted by Gasteiger charge is -2.15. The molecular weight excluding hydrogens is 316 g/mol. The Balaban J connectivity index is 0.00000192. The molecule has 2 aromatic rings. The SMILES string of the molecule is Cl.O=C(CN1CCC(C(=O)O)C1)Nc1cccc2ccccc12. The van der Waals surface area contributed by atoms with Crippen LogP contribution in [0.15, 0.2) is 42.5 Å². The number of hydrogen-bond donors (Lipinski definition) is 2. The normalized spacial score (nSPS) is 17.7. The summed E-state index contributed by atoms with van der Waals surface area (Å²) in [6.07, 6.45) is 0.608. The molecule has 1 atom stereocenters. The van der Waals surface area contributed by atoms with Crippen LogP contribution in [0.4, 0.5) is 5.69 Å². The van der Waals surface area contributed by atoms with Crippen LogP contribution in [0.25, 0.3) is 10.8 Å². The molecule has 0 radical (unpaired) electrons. The van der Waals surface area contributed by atoms with Gasteiger partial charge in [-0.25, -0.2) is 0 Å². The van der Waals surface area contributed by atoms with Crippen LogP contribution in [-0.2, 0) is 9.59 Å². The lowest BCUT2D eigenvalue weighted by atomic mass is 10.1. The first kappa shape index (κ1) is 17.2. The minimum absolute atomic E-state index is 0. The predicted octanol–water partition coefficient (Wildman–Crippen LogP) is 2.61. The van der Waals surface area contributed by atoms with Gasteiger partial charge in [-0.15, -0.1) is 12.4 Å². The molecule has 2 aromatic carbocycles. The van der Waals surface area contributed by atoms with Gasteiger partial charge in [-0.1, -0.05) is 36.4 Å². The van der Waals surface area contributed by atoms with Gasteiger partial charge in [-0.05, 0) is 24.4 Å². The number of amides is 1. The molecule has 0 spiro atoms. The van der Waals surface area contributed by atoms with Gasteiger partial charge in [0, 0.05) is 17.6 Å². The first-order valence-electron chi connectivity index (χ1n) is 7.36. The maximum atomic E-state index is 12.2. The van der Waals surface area contributed by atoms with E-state index in [0.717, 1.165) is 16.5 Å². The van der Waals surface area contributed by atoms with Gasteiger partial charge in [0.15, 0.2) is 0 Å².